The lowest BCUT2D eigenvalue weighted by molar-refractivity contribution is -0.116. The van der Waals surface area contributed by atoms with Gasteiger partial charge in [-0.15, -0.1) is 0 Å². The minimum Gasteiger partial charge on any atom is -0.299 e. The molecule has 1 N–H and O–H groups in total. The van der Waals surface area contributed by atoms with E-state index in [4.69, 9.17) is 35.4 Å². The van der Waals surface area contributed by atoms with Crippen molar-refractivity contribution in [1.82, 2.24) is 5.32 Å². The second-order valence-electron chi connectivity index (χ2n) is 6.74. The molecule has 0 saturated carbocycles. The summed E-state index contributed by atoms with van der Waals surface area (Å²) in [5.41, 5.74) is 2.75. The summed E-state index contributed by atoms with van der Waals surface area (Å²) in [5, 5.41) is 3.62. The van der Waals surface area contributed by atoms with E-state index >= 15 is 0 Å². The molecule has 1 amide bonds. The molecule has 1 fully saturated rings. The van der Waals surface area contributed by atoms with Crippen molar-refractivity contribution < 1.29 is 4.79 Å². The predicted molar refractivity (Wildman–Crippen MR) is 122 cm³/mol. The van der Waals surface area contributed by atoms with Gasteiger partial charge in [0.15, 0.2) is 5.11 Å². The molecule has 3 rings (SSSR count). The topological polar surface area (TPSA) is 32.3 Å². The van der Waals surface area contributed by atoms with Gasteiger partial charge in [-0.3, -0.25) is 15.0 Å². The average Bonchev–Trinajstić information content (AvgIpc) is 2.68. The largest absolute Gasteiger partial charge is 0.299 e. The Labute approximate surface area is 181 Å². The Morgan fingerprint density at radius 1 is 1.11 bits per heavy atom. The number of benzene rings is 2. The number of nitrogens with one attached hydrogen (secondary N) is 1. The van der Waals surface area contributed by atoms with Crippen LogP contribution in [0.5, 0.6) is 0 Å². The molecule has 2 aromatic rings. The zero-order valence-corrected chi connectivity index (χ0v) is 17.9. The van der Waals surface area contributed by atoms with Crippen LogP contribution < -0.4 is 10.2 Å². The van der Waals surface area contributed by atoms with E-state index in [9.17, 15) is 4.79 Å². The van der Waals surface area contributed by atoms with Gasteiger partial charge in [0.25, 0.3) is 5.91 Å². The maximum Gasteiger partial charge on any atom is 0.256 e. The van der Waals surface area contributed by atoms with Gasteiger partial charge in [0.05, 0.1) is 5.57 Å². The Balaban J connectivity index is 1.82. The molecule has 146 valence electrons. The Morgan fingerprint density at radius 3 is 2.43 bits per heavy atom. The molecule has 1 heterocycles. The van der Waals surface area contributed by atoms with Crippen molar-refractivity contribution >= 4 is 58.2 Å². The van der Waals surface area contributed by atoms with Crippen molar-refractivity contribution in [2.24, 2.45) is 0 Å². The number of amides is 1. The Morgan fingerprint density at radius 2 is 1.79 bits per heavy atom. The molecule has 2 aromatic carbocycles. The summed E-state index contributed by atoms with van der Waals surface area (Å²) in [6.07, 6.45) is 6.52. The van der Waals surface area contributed by atoms with Crippen molar-refractivity contribution in [3.8, 4) is 0 Å². The van der Waals surface area contributed by atoms with Crippen LogP contribution in [0.4, 0.5) is 5.69 Å². The number of aryl methyl sites for hydroxylation is 1. The van der Waals surface area contributed by atoms with Crippen LogP contribution in [0.15, 0.2) is 54.1 Å². The Bertz CT molecular complexity index is 878. The second kappa shape index (κ2) is 9.55. The van der Waals surface area contributed by atoms with Crippen molar-refractivity contribution in [3.05, 3.63) is 70.3 Å². The fraction of sp³-hybridized carbons (Fsp3) is 0.273. The predicted octanol–water partition coefficient (Wildman–Crippen LogP) is 5.94. The maximum atomic E-state index is 12.5. The molecule has 1 atom stereocenters. The van der Waals surface area contributed by atoms with Crippen LogP contribution in [0, 0.1) is 0 Å². The molecule has 0 spiro atoms. The van der Waals surface area contributed by atoms with E-state index in [2.05, 4.69) is 24.4 Å². The molecule has 1 saturated heterocycles. The standard InChI is InChI=1S/C22H22Cl2N2OS/c1-2-3-4-5-15-6-8-16(9-7-15)14-19-20(24)26(22(28)25-21(19)27)18-12-10-17(23)11-13-18/h6-14,20H,2-5H2,1H3,(H,25,27,28). The number of hydrogen-bond donors (Lipinski definition) is 1. The average molecular weight is 433 g/mol. The van der Waals surface area contributed by atoms with Crippen LogP contribution in [0.3, 0.4) is 0 Å². The highest BCUT2D eigenvalue weighted by molar-refractivity contribution is 7.80. The van der Waals surface area contributed by atoms with Crippen LogP contribution in [-0.4, -0.2) is 16.5 Å². The van der Waals surface area contributed by atoms with Crippen LogP contribution in [0.1, 0.15) is 37.3 Å². The number of carbonyl (C=O) groups excluding carboxylic acids is 1. The van der Waals surface area contributed by atoms with Gasteiger partial charge in [0.1, 0.15) is 5.50 Å². The molecule has 1 aliphatic heterocycles. The molecule has 1 aliphatic rings. The summed E-state index contributed by atoms with van der Waals surface area (Å²) in [6.45, 7) is 2.20. The molecule has 0 radical (unpaired) electrons. The van der Waals surface area contributed by atoms with Gasteiger partial charge < -0.3 is 0 Å². The molecular formula is C22H22Cl2N2OS. The normalized spacial score (nSPS) is 18.5. The summed E-state index contributed by atoms with van der Waals surface area (Å²) < 4.78 is 0. The number of unbranched alkanes of at least 4 members (excludes halogenated alkanes) is 2. The lowest BCUT2D eigenvalue weighted by Gasteiger charge is -2.35. The van der Waals surface area contributed by atoms with Gasteiger partial charge in [0, 0.05) is 10.7 Å². The van der Waals surface area contributed by atoms with E-state index < -0.39 is 5.50 Å². The first-order valence-electron chi connectivity index (χ1n) is 9.34. The van der Waals surface area contributed by atoms with Gasteiger partial charge in [-0.1, -0.05) is 67.2 Å². The molecule has 1 unspecified atom stereocenters. The van der Waals surface area contributed by atoms with Gasteiger partial charge >= 0.3 is 0 Å². The summed E-state index contributed by atoms with van der Waals surface area (Å²) >= 11 is 18.0. The van der Waals surface area contributed by atoms with E-state index in [1.807, 2.05) is 30.3 Å². The highest BCUT2D eigenvalue weighted by Gasteiger charge is 2.34. The molecule has 0 bridgehead atoms. The number of halogens is 2. The number of anilines is 1. The summed E-state index contributed by atoms with van der Waals surface area (Å²) in [4.78, 5) is 14.2. The quantitative estimate of drug-likeness (QED) is 0.201. The van der Waals surface area contributed by atoms with Gasteiger partial charge in [-0.05, 0) is 66.5 Å². The van der Waals surface area contributed by atoms with E-state index in [0.717, 1.165) is 17.7 Å². The first-order chi connectivity index (χ1) is 13.5. The smallest absolute Gasteiger partial charge is 0.256 e. The fourth-order valence-corrected chi connectivity index (χ4v) is 3.96. The van der Waals surface area contributed by atoms with Crippen LogP contribution in [-0.2, 0) is 11.2 Å². The highest BCUT2D eigenvalue weighted by atomic mass is 35.5. The van der Waals surface area contributed by atoms with Crippen LogP contribution in [0.25, 0.3) is 6.08 Å². The number of nitrogens with zero attached hydrogens (tertiary/aromatic N) is 1. The minimum absolute atomic E-state index is 0.274. The first kappa shape index (κ1) is 20.8. The molecule has 28 heavy (non-hydrogen) atoms. The zero-order chi connectivity index (χ0) is 20.1. The third kappa shape index (κ3) is 4.93. The molecule has 0 aromatic heterocycles. The first-order valence-corrected chi connectivity index (χ1v) is 10.6. The van der Waals surface area contributed by atoms with E-state index in [0.29, 0.717) is 10.6 Å². The molecule has 6 heteroatoms. The van der Waals surface area contributed by atoms with Crippen molar-refractivity contribution in [3.63, 3.8) is 0 Å². The van der Waals surface area contributed by atoms with Crippen LogP contribution in [0.2, 0.25) is 5.02 Å². The van der Waals surface area contributed by atoms with E-state index in [-0.39, 0.29) is 11.0 Å². The number of rotatable bonds is 6. The number of alkyl halides is 1. The van der Waals surface area contributed by atoms with E-state index in [1.165, 1.54) is 24.8 Å². The number of carbonyl (C=O) groups is 1. The summed E-state index contributed by atoms with van der Waals surface area (Å²) in [5.74, 6) is -0.276. The van der Waals surface area contributed by atoms with Gasteiger partial charge in [0.2, 0.25) is 0 Å². The van der Waals surface area contributed by atoms with Crippen molar-refractivity contribution in [2.75, 3.05) is 4.90 Å². The zero-order valence-electron chi connectivity index (χ0n) is 15.6. The fourth-order valence-electron chi connectivity index (χ4n) is 3.10. The number of thiocarbonyl (C=S) groups is 1. The number of hydrogen-bond acceptors (Lipinski definition) is 2. The summed E-state index contributed by atoms with van der Waals surface area (Å²) in [6, 6.07) is 15.4. The molecule has 0 aliphatic carbocycles. The third-order valence-electron chi connectivity index (χ3n) is 4.66. The van der Waals surface area contributed by atoms with Crippen molar-refractivity contribution in [2.45, 2.75) is 38.1 Å². The Hall–Kier alpha value is -1.88. The van der Waals surface area contributed by atoms with E-state index in [1.54, 1.807) is 17.0 Å². The lowest BCUT2D eigenvalue weighted by atomic mass is 10.0. The monoisotopic (exact) mass is 432 g/mol. The Kier molecular flexibility index (Phi) is 7.11. The minimum atomic E-state index is -0.702. The van der Waals surface area contributed by atoms with Crippen molar-refractivity contribution in [1.29, 1.82) is 0 Å². The highest BCUT2D eigenvalue weighted by Crippen LogP contribution is 2.29. The van der Waals surface area contributed by atoms with Gasteiger partial charge in [-0.25, -0.2) is 0 Å². The van der Waals surface area contributed by atoms with Crippen LogP contribution >= 0.6 is 35.4 Å². The SMILES string of the molecule is CCCCCc1ccc(C=C2C(=O)NC(=S)N(c3ccc(Cl)cc3)C2Cl)cc1. The molecular weight excluding hydrogens is 411 g/mol. The molecule has 3 nitrogen and oxygen atoms in total. The third-order valence-corrected chi connectivity index (χ3v) is 5.64. The lowest BCUT2D eigenvalue weighted by Crippen LogP contribution is -2.54. The van der Waals surface area contributed by atoms with Gasteiger partial charge in [-0.2, -0.15) is 0 Å². The maximum absolute atomic E-state index is 12.5. The summed E-state index contributed by atoms with van der Waals surface area (Å²) in [7, 11) is 0. The second-order valence-corrected chi connectivity index (χ2v) is 7.98.